The monoisotopic (exact) mass is 347 g/mol. The van der Waals surface area contributed by atoms with Crippen LogP contribution in [0.4, 0.5) is 5.69 Å². The number of amides is 1. The molecule has 0 aromatic heterocycles. The molecular weight excluding hydrogens is 326 g/mol. The van der Waals surface area contributed by atoms with Crippen LogP contribution >= 0.6 is 11.6 Å². The fourth-order valence-electron chi connectivity index (χ4n) is 2.31. The normalized spacial score (nSPS) is 11.9. The minimum absolute atomic E-state index is 0.250. The Morgan fingerprint density at radius 3 is 2.62 bits per heavy atom. The second-order valence-corrected chi connectivity index (χ2v) is 6.15. The van der Waals surface area contributed by atoms with Gasteiger partial charge in [0.2, 0.25) is 0 Å². The molecule has 2 aromatic rings. The number of hydrogen-bond donors (Lipinski definition) is 1. The number of aryl methyl sites for hydroxylation is 2. The zero-order chi connectivity index (χ0) is 17.7. The summed E-state index contributed by atoms with van der Waals surface area (Å²) < 4.78 is 10.9. The Balaban J connectivity index is 1.98. The van der Waals surface area contributed by atoms with Gasteiger partial charge in [-0.05, 0) is 50.1 Å². The molecule has 1 amide bonds. The van der Waals surface area contributed by atoms with E-state index in [0.717, 1.165) is 11.1 Å². The maximum Gasteiger partial charge on any atom is 0.253 e. The van der Waals surface area contributed by atoms with E-state index < -0.39 is 6.10 Å². The number of carbonyl (C=O) groups excluding carboxylic acids is 1. The van der Waals surface area contributed by atoms with Crippen LogP contribution in [0.2, 0.25) is 5.02 Å². The van der Waals surface area contributed by atoms with Crippen molar-refractivity contribution in [3.63, 3.8) is 0 Å². The Hall–Kier alpha value is -2.04. The van der Waals surface area contributed by atoms with Crippen molar-refractivity contribution >= 4 is 23.2 Å². The minimum atomic E-state index is -0.602. The number of ether oxygens (including phenoxy) is 2. The first-order chi connectivity index (χ1) is 11.4. The van der Waals surface area contributed by atoms with Gasteiger partial charge in [-0.25, -0.2) is 0 Å². The average molecular weight is 348 g/mol. The number of benzene rings is 2. The smallest absolute Gasteiger partial charge is 0.253 e. The molecule has 0 saturated carbocycles. The van der Waals surface area contributed by atoms with E-state index in [1.807, 2.05) is 26.0 Å². The molecule has 4 nitrogen and oxygen atoms in total. The van der Waals surface area contributed by atoms with Crippen LogP contribution in [-0.4, -0.2) is 19.1 Å². The molecule has 1 atom stereocenters. The Labute approximate surface area is 147 Å². The Morgan fingerprint density at radius 2 is 1.96 bits per heavy atom. The van der Waals surface area contributed by atoms with Gasteiger partial charge < -0.3 is 14.8 Å². The molecule has 0 saturated heterocycles. The van der Waals surface area contributed by atoms with Crippen molar-refractivity contribution in [2.24, 2.45) is 0 Å². The van der Waals surface area contributed by atoms with Crippen LogP contribution in [0.3, 0.4) is 0 Å². The molecule has 0 fully saturated rings. The summed E-state index contributed by atoms with van der Waals surface area (Å²) in [5, 5.41) is 3.31. The SMILES string of the molecule is COc1ccc(Cl)cc1NC(=O)C(C)OCc1ccc(C)cc1C. The van der Waals surface area contributed by atoms with Gasteiger partial charge >= 0.3 is 0 Å². The summed E-state index contributed by atoms with van der Waals surface area (Å²) >= 11 is 5.97. The molecule has 24 heavy (non-hydrogen) atoms. The van der Waals surface area contributed by atoms with Crippen molar-refractivity contribution in [1.82, 2.24) is 0 Å². The van der Waals surface area contributed by atoms with Gasteiger partial charge in [0, 0.05) is 5.02 Å². The number of methoxy groups -OCH3 is 1. The fraction of sp³-hybridized carbons (Fsp3) is 0.316. The molecule has 2 aromatic carbocycles. The Morgan fingerprint density at radius 1 is 1.21 bits per heavy atom. The van der Waals surface area contributed by atoms with Crippen LogP contribution in [0.1, 0.15) is 23.6 Å². The van der Waals surface area contributed by atoms with E-state index >= 15 is 0 Å². The standard InChI is InChI=1S/C19H22ClNO3/c1-12-5-6-15(13(2)9-12)11-24-14(3)19(22)21-17-10-16(20)7-8-18(17)23-4/h5-10,14H,11H2,1-4H3,(H,21,22). The Kier molecular flexibility index (Phi) is 6.23. The summed E-state index contributed by atoms with van der Waals surface area (Å²) in [5.41, 5.74) is 3.95. The third kappa shape index (κ3) is 4.73. The molecule has 0 spiro atoms. The highest BCUT2D eigenvalue weighted by Crippen LogP contribution is 2.27. The molecule has 128 valence electrons. The summed E-state index contributed by atoms with van der Waals surface area (Å²) in [6.07, 6.45) is -0.602. The molecule has 0 aliphatic rings. The molecule has 0 aliphatic carbocycles. The van der Waals surface area contributed by atoms with E-state index in [4.69, 9.17) is 21.1 Å². The number of hydrogen-bond acceptors (Lipinski definition) is 3. The van der Waals surface area contributed by atoms with Crippen LogP contribution in [0.5, 0.6) is 5.75 Å². The van der Waals surface area contributed by atoms with Crippen LogP contribution in [0.25, 0.3) is 0 Å². The first-order valence-electron chi connectivity index (χ1n) is 7.73. The summed E-state index contributed by atoms with van der Waals surface area (Å²) in [6.45, 7) is 6.18. The second-order valence-electron chi connectivity index (χ2n) is 5.72. The lowest BCUT2D eigenvalue weighted by molar-refractivity contribution is -0.127. The summed E-state index contributed by atoms with van der Waals surface area (Å²) in [4.78, 5) is 12.3. The molecule has 1 unspecified atom stereocenters. The first-order valence-corrected chi connectivity index (χ1v) is 8.10. The van der Waals surface area contributed by atoms with Crippen molar-refractivity contribution < 1.29 is 14.3 Å². The van der Waals surface area contributed by atoms with Crippen molar-refractivity contribution in [2.45, 2.75) is 33.5 Å². The molecule has 1 N–H and O–H groups in total. The maximum absolute atomic E-state index is 12.3. The second kappa shape index (κ2) is 8.18. The zero-order valence-electron chi connectivity index (χ0n) is 14.4. The van der Waals surface area contributed by atoms with E-state index in [1.165, 1.54) is 5.56 Å². The third-order valence-electron chi connectivity index (χ3n) is 3.78. The van der Waals surface area contributed by atoms with E-state index in [-0.39, 0.29) is 5.91 Å². The first kappa shape index (κ1) is 18.3. The highest BCUT2D eigenvalue weighted by atomic mass is 35.5. The molecule has 0 radical (unpaired) electrons. The number of halogens is 1. The third-order valence-corrected chi connectivity index (χ3v) is 4.01. The molecule has 0 heterocycles. The largest absolute Gasteiger partial charge is 0.495 e. The van der Waals surface area contributed by atoms with E-state index in [0.29, 0.717) is 23.1 Å². The van der Waals surface area contributed by atoms with Crippen molar-refractivity contribution in [3.05, 3.63) is 58.1 Å². The number of rotatable bonds is 6. The lowest BCUT2D eigenvalue weighted by Crippen LogP contribution is -2.27. The predicted molar refractivity (Wildman–Crippen MR) is 96.8 cm³/mol. The fourth-order valence-corrected chi connectivity index (χ4v) is 2.48. The molecular formula is C19H22ClNO3. The summed E-state index contributed by atoms with van der Waals surface area (Å²) in [6, 6.07) is 11.2. The van der Waals surface area contributed by atoms with Gasteiger partial charge in [-0.15, -0.1) is 0 Å². The molecule has 0 aliphatic heterocycles. The maximum atomic E-state index is 12.3. The van der Waals surface area contributed by atoms with E-state index in [9.17, 15) is 4.79 Å². The highest BCUT2D eigenvalue weighted by Gasteiger charge is 2.16. The number of anilines is 1. The molecule has 2 rings (SSSR count). The van der Waals surface area contributed by atoms with Gasteiger partial charge in [0.1, 0.15) is 11.9 Å². The van der Waals surface area contributed by atoms with Crippen LogP contribution in [0.15, 0.2) is 36.4 Å². The average Bonchev–Trinajstić information content (AvgIpc) is 2.54. The summed E-state index contributed by atoms with van der Waals surface area (Å²) in [7, 11) is 1.54. The van der Waals surface area contributed by atoms with Crippen LogP contribution < -0.4 is 10.1 Å². The van der Waals surface area contributed by atoms with Gasteiger partial charge in [-0.2, -0.15) is 0 Å². The zero-order valence-corrected chi connectivity index (χ0v) is 15.1. The van der Waals surface area contributed by atoms with E-state index in [2.05, 4.69) is 11.4 Å². The molecule has 0 bridgehead atoms. The number of nitrogens with one attached hydrogen (secondary N) is 1. The highest BCUT2D eigenvalue weighted by molar-refractivity contribution is 6.31. The van der Waals surface area contributed by atoms with Gasteiger partial charge in [-0.3, -0.25) is 4.79 Å². The van der Waals surface area contributed by atoms with Crippen LogP contribution in [-0.2, 0) is 16.1 Å². The Bertz CT molecular complexity index is 731. The quantitative estimate of drug-likeness (QED) is 0.836. The van der Waals surface area contributed by atoms with Crippen molar-refractivity contribution in [1.29, 1.82) is 0 Å². The minimum Gasteiger partial charge on any atom is -0.495 e. The van der Waals surface area contributed by atoms with Gasteiger partial charge in [-0.1, -0.05) is 35.4 Å². The predicted octanol–water partition coefficient (Wildman–Crippen LogP) is 4.51. The molecule has 5 heteroatoms. The lowest BCUT2D eigenvalue weighted by Gasteiger charge is -2.16. The van der Waals surface area contributed by atoms with Gasteiger partial charge in [0.05, 0.1) is 19.4 Å². The summed E-state index contributed by atoms with van der Waals surface area (Å²) in [5.74, 6) is 0.301. The lowest BCUT2D eigenvalue weighted by atomic mass is 10.1. The van der Waals surface area contributed by atoms with E-state index in [1.54, 1.807) is 32.2 Å². The van der Waals surface area contributed by atoms with Crippen molar-refractivity contribution in [3.8, 4) is 5.75 Å². The topological polar surface area (TPSA) is 47.6 Å². The van der Waals surface area contributed by atoms with Gasteiger partial charge in [0.25, 0.3) is 5.91 Å². The number of carbonyl (C=O) groups is 1. The van der Waals surface area contributed by atoms with Crippen LogP contribution in [0, 0.1) is 13.8 Å². The van der Waals surface area contributed by atoms with Crippen molar-refractivity contribution in [2.75, 3.05) is 12.4 Å². The van der Waals surface area contributed by atoms with Gasteiger partial charge in [0.15, 0.2) is 0 Å².